The Morgan fingerprint density at radius 3 is 2.64 bits per heavy atom. The second kappa shape index (κ2) is 6.34. The van der Waals surface area contributed by atoms with Gasteiger partial charge in [0.05, 0.1) is 6.04 Å². The topological polar surface area (TPSA) is 33.5 Å². The lowest BCUT2D eigenvalue weighted by Crippen LogP contribution is -2.31. The summed E-state index contributed by atoms with van der Waals surface area (Å²) in [6.45, 7) is 2.02. The Bertz CT molecular complexity index is 882. The maximum Gasteiger partial charge on any atom is 0.226 e. The first-order chi connectivity index (χ1) is 12.0. The SMILES string of the molecule is CC(c1cc2ccccc2o1)N(C)C(=O)C1CC1c1ccc(Br)cc1. The largest absolute Gasteiger partial charge is 0.459 e. The van der Waals surface area contributed by atoms with Crippen LogP contribution in [0.3, 0.4) is 0 Å². The van der Waals surface area contributed by atoms with Crippen LogP contribution in [-0.4, -0.2) is 17.9 Å². The molecular weight excluding hydrogens is 378 g/mol. The number of benzene rings is 2. The molecule has 1 aliphatic rings. The van der Waals surface area contributed by atoms with Crippen LogP contribution in [0.1, 0.15) is 36.6 Å². The highest BCUT2D eigenvalue weighted by molar-refractivity contribution is 9.10. The van der Waals surface area contributed by atoms with Crippen LogP contribution in [0, 0.1) is 5.92 Å². The van der Waals surface area contributed by atoms with Gasteiger partial charge in [0.25, 0.3) is 0 Å². The third-order valence-corrected chi connectivity index (χ3v) is 5.72. The van der Waals surface area contributed by atoms with Crippen LogP contribution in [0.25, 0.3) is 11.0 Å². The lowest BCUT2D eigenvalue weighted by molar-refractivity contribution is -0.133. The van der Waals surface area contributed by atoms with Crippen LogP contribution in [0.2, 0.25) is 0 Å². The van der Waals surface area contributed by atoms with E-state index in [1.54, 1.807) is 0 Å². The van der Waals surface area contributed by atoms with Gasteiger partial charge in [-0.05, 0) is 49.1 Å². The standard InChI is InChI=1S/C21H20BrNO2/c1-13(20-11-15-5-3-4-6-19(15)25-20)23(2)21(24)18-12-17(18)14-7-9-16(22)10-8-14/h3-11,13,17-18H,12H2,1-2H3. The van der Waals surface area contributed by atoms with Gasteiger partial charge >= 0.3 is 0 Å². The second-order valence-corrected chi connectivity index (χ2v) is 7.73. The van der Waals surface area contributed by atoms with Crippen LogP contribution in [0.5, 0.6) is 0 Å². The molecule has 25 heavy (non-hydrogen) atoms. The van der Waals surface area contributed by atoms with Crippen molar-refractivity contribution < 1.29 is 9.21 Å². The Balaban J connectivity index is 1.47. The third-order valence-electron chi connectivity index (χ3n) is 5.19. The molecule has 1 aromatic heterocycles. The molecule has 1 saturated carbocycles. The average molecular weight is 398 g/mol. The number of carbonyl (C=O) groups excluding carboxylic acids is 1. The van der Waals surface area contributed by atoms with Gasteiger partial charge in [0.1, 0.15) is 11.3 Å². The molecule has 0 radical (unpaired) electrons. The number of hydrogen-bond donors (Lipinski definition) is 0. The van der Waals surface area contributed by atoms with E-state index in [0.717, 1.165) is 27.6 Å². The zero-order valence-corrected chi connectivity index (χ0v) is 15.9. The van der Waals surface area contributed by atoms with Crippen molar-refractivity contribution in [2.24, 2.45) is 5.92 Å². The fourth-order valence-corrected chi connectivity index (χ4v) is 3.66. The summed E-state index contributed by atoms with van der Waals surface area (Å²) in [7, 11) is 1.87. The molecule has 0 aliphatic heterocycles. The summed E-state index contributed by atoms with van der Waals surface area (Å²) in [6, 6.07) is 18.2. The zero-order chi connectivity index (χ0) is 17.6. The molecule has 128 valence electrons. The van der Waals surface area contributed by atoms with E-state index in [4.69, 9.17) is 4.42 Å². The number of para-hydroxylation sites is 1. The number of furan rings is 1. The Hall–Kier alpha value is -2.07. The summed E-state index contributed by atoms with van der Waals surface area (Å²) in [4.78, 5) is 14.7. The van der Waals surface area contributed by atoms with Crippen molar-refractivity contribution in [2.45, 2.75) is 25.3 Å². The smallest absolute Gasteiger partial charge is 0.226 e. The number of carbonyl (C=O) groups is 1. The Morgan fingerprint density at radius 1 is 1.20 bits per heavy atom. The van der Waals surface area contributed by atoms with E-state index in [1.165, 1.54) is 5.56 Å². The van der Waals surface area contributed by atoms with Crippen molar-refractivity contribution in [3.8, 4) is 0 Å². The normalized spacial score (nSPS) is 20.4. The number of amides is 1. The molecule has 1 fully saturated rings. The van der Waals surface area contributed by atoms with Crippen molar-refractivity contribution in [1.29, 1.82) is 0 Å². The molecule has 3 unspecified atom stereocenters. The van der Waals surface area contributed by atoms with Crippen molar-refractivity contribution in [3.63, 3.8) is 0 Å². The van der Waals surface area contributed by atoms with Crippen molar-refractivity contribution in [3.05, 3.63) is 70.4 Å². The van der Waals surface area contributed by atoms with Crippen molar-refractivity contribution in [1.82, 2.24) is 4.90 Å². The molecule has 3 aromatic rings. The minimum Gasteiger partial charge on any atom is -0.459 e. The molecule has 2 aromatic carbocycles. The van der Waals surface area contributed by atoms with Gasteiger partial charge in [-0.2, -0.15) is 0 Å². The predicted octanol–water partition coefficient (Wildman–Crippen LogP) is 5.52. The maximum atomic E-state index is 12.9. The van der Waals surface area contributed by atoms with Gasteiger partial charge in [0.2, 0.25) is 5.91 Å². The van der Waals surface area contributed by atoms with E-state index in [1.807, 2.05) is 61.3 Å². The van der Waals surface area contributed by atoms with Gasteiger partial charge < -0.3 is 9.32 Å². The first-order valence-corrected chi connectivity index (χ1v) is 9.34. The number of hydrogen-bond acceptors (Lipinski definition) is 2. The molecule has 1 aliphatic carbocycles. The lowest BCUT2D eigenvalue weighted by atomic mass is 10.1. The number of nitrogens with zero attached hydrogens (tertiary/aromatic N) is 1. The number of fused-ring (bicyclic) bond motifs is 1. The van der Waals surface area contributed by atoms with Gasteiger partial charge in [0, 0.05) is 22.8 Å². The van der Waals surface area contributed by atoms with Gasteiger partial charge in [-0.25, -0.2) is 0 Å². The molecule has 3 atom stereocenters. The fourth-order valence-electron chi connectivity index (χ4n) is 3.40. The second-order valence-electron chi connectivity index (χ2n) is 6.81. The third kappa shape index (κ3) is 3.11. The van der Waals surface area contributed by atoms with Crippen molar-refractivity contribution >= 4 is 32.8 Å². The van der Waals surface area contributed by atoms with E-state index in [9.17, 15) is 4.79 Å². The van der Waals surface area contributed by atoms with Crippen LogP contribution < -0.4 is 0 Å². The van der Waals surface area contributed by atoms with E-state index >= 15 is 0 Å². The summed E-state index contributed by atoms with van der Waals surface area (Å²) in [5.41, 5.74) is 2.11. The molecule has 4 heteroatoms. The summed E-state index contributed by atoms with van der Waals surface area (Å²) < 4.78 is 6.99. The van der Waals surface area contributed by atoms with E-state index in [2.05, 4.69) is 28.1 Å². The highest BCUT2D eigenvalue weighted by Gasteiger charge is 2.46. The van der Waals surface area contributed by atoms with E-state index < -0.39 is 0 Å². The Labute approximate surface area is 155 Å². The summed E-state index contributed by atoms with van der Waals surface area (Å²) >= 11 is 3.46. The van der Waals surface area contributed by atoms with Gasteiger partial charge in [-0.1, -0.05) is 46.3 Å². The van der Waals surface area contributed by atoms with Crippen molar-refractivity contribution in [2.75, 3.05) is 7.05 Å². The minimum atomic E-state index is -0.0777. The zero-order valence-electron chi connectivity index (χ0n) is 14.3. The molecule has 0 saturated heterocycles. The first-order valence-electron chi connectivity index (χ1n) is 8.55. The molecule has 0 bridgehead atoms. The van der Waals surface area contributed by atoms with E-state index in [0.29, 0.717) is 5.92 Å². The van der Waals surface area contributed by atoms with Crippen LogP contribution in [0.4, 0.5) is 0 Å². The molecular formula is C21H20BrNO2. The quantitative estimate of drug-likeness (QED) is 0.580. The molecule has 4 rings (SSSR count). The number of halogens is 1. The van der Waals surface area contributed by atoms with Crippen LogP contribution in [0.15, 0.2) is 63.5 Å². The molecule has 0 spiro atoms. The van der Waals surface area contributed by atoms with Gasteiger partial charge in [0.15, 0.2) is 0 Å². The average Bonchev–Trinajstić information content (AvgIpc) is 3.30. The molecule has 0 N–H and O–H groups in total. The van der Waals surface area contributed by atoms with E-state index in [-0.39, 0.29) is 17.9 Å². The molecule has 1 amide bonds. The Morgan fingerprint density at radius 2 is 1.92 bits per heavy atom. The number of rotatable bonds is 4. The maximum absolute atomic E-state index is 12.9. The predicted molar refractivity (Wildman–Crippen MR) is 102 cm³/mol. The van der Waals surface area contributed by atoms with Crippen LogP contribution >= 0.6 is 15.9 Å². The summed E-state index contributed by atoms with van der Waals surface area (Å²) in [5, 5.41) is 1.07. The highest BCUT2D eigenvalue weighted by Crippen LogP contribution is 2.49. The van der Waals surface area contributed by atoms with Gasteiger partial charge in [-0.15, -0.1) is 0 Å². The van der Waals surface area contributed by atoms with Gasteiger partial charge in [-0.3, -0.25) is 4.79 Å². The molecule has 1 heterocycles. The lowest BCUT2D eigenvalue weighted by Gasteiger charge is -2.23. The fraction of sp³-hybridized carbons (Fsp3) is 0.286. The summed E-state index contributed by atoms with van der Waals surface area (Å²) in [6.07, 6.45) is 0.928. The minimum absolute atomic E-state index is 0.0777. The monoisotopic (exact) mass is 397 g/mol. The summed E-state index contributed by atoms with van der Waals surface area (Å²) in [5.74, 6) is 1.45. The molecule has 3 nitrogen and oxygen atoms in total. The first kappa shape index (κ1) is 16.4. The Kier molecular flexibility index (Phi) is 4.16. The highest BCUT2D eigenvalue weighted by atomic mass is 79.9. The van der Waals surface area contributed by atoms with Crippen LogP contribution in [-0.2, 0) is 4.79 Å².